The second-order valence-corrected chi connectivity index (χ2v) is 9.82. The fourth-order valence-corrected chi connectivity index (χ4v) is 4.75. The van der Waals surface area contributed by atoms with Gasteiger partial charge in [0.15, 0.2) is 5.65 Å². The zero-order valence-electron chi connectivity index (χ0n) is 18.5. The number of nitrogens with one attached hydrogen (secondary N) is 1. The minimum Gasteiger partial charge on any atom is -0.373 e. The molecule has 4 aromatic rings. The van der Waals surface area contributed by atoms with Crippen molar-refractivity contribution in [2.24, 2.45) is 5.41 Å². The molecule has 0 saturated carbocycles. The Morgan fingerprint density at radius 2 is 2.07 bits per heavy atom. The van der Waals surface area contributed by atoms with Crippen molar-refractivity contribution in [3.05, 3.63) is 53.5 Å². The van der Waals surface area contributed by atoms with Crippen molar-refractivity contribution >= 4 is 16.6 Å². The van der Waals surface area contributed by atoms with Crippen LogP contribution in [-0.4, -0.2) is 26.2 Å². The van der Waals surface area contributed by atoms with Gasteiger partial charge < -0.3 is 9.72 Å². The summed E-state index contributed by atoms with van der Waals surface area (Å²) in [7, 11) is 0. The van der Waals surface area contributed by atoms with Crippen LogP contribution in [0.3, 0.4) is 0 Å². The SMILES string of the molecule is Cc1cc(-c2[nH]c3ccc(C4CCC(C)(C)CO4)cc3c2C(C)C)cn2ncnc12. The maximum Gasteiger partial charge on any atom is 0.158 e. The molecule has 1 aliphatic heterocycles. The van der Waals surface area contributed by atoms with Crippen LogP contribution >= 0.6 is 0 Å². The first kappa shape index (κ1) is 19.3. The second kappa shape index (κ2) is 6.95. The van der Waals surface area contributed by atoms with E-state index in [1.165, 1.54) is 34.1 Å². The first-order valence-electron chi connectivity index (χ1n) is 10.9. The average Bonchev–Trinajstić information content (AvgIpc) is 3.32. The molecule has 156 valence electrons. The Balaban J connectivity index is 1.62. The summed E-state index contributed by atoms with van der Waals surface area (Å²) in [6, 6.07) is 8.98. The van der Waals surface area contributed by atoms with E-state index >= 15 is 0 Å². The van der Waals surface area contributed by atoms with Crippen LogP contribution < -0.4 is 0 Å². The van der Waals surface area contributed by atoms with E-state index in [1.54, 1.807) is 6.33 Å². The van der Waals surface area contributed by atoms with Gasteiger partial charge in [-0.15, -0.1) is 0 Å². The van der Waals surface area contributed by atoms with Gasteiger partial charge in [-0.2, -0.15) is 5.10 Å². The Bertz CT molecular complexity index is 1220. The van der Waals surface area contributed by atoms with Gasteiger partial charge in [-0.1, -0.05) is 33.8 Å². The average molecular weight is 403 g/mol. The van der Waals surface area contributed by atoms with Gasteiger partial charge in [-0.3, -0.25) is 0 Å². The van der Waals surface area contributed by atoms with Crippen molar-refractivity contribution in [3.63, 3.8) is 0 Å². The number of ether oxygens (including phenoxy) is 1. The van der Waals surface area contributed by atoms with E-state index in [-0.39, 0.29) is 11.5 Å². The summed E-state index contributed by atoms with van der Waals surface area (Å²) >= 11 is 0. The zero-order valence-corrected chi connectivity index (χ0v) is 18.5. The molecule has 5 rings (SSSR count). The van der Waals surface area contributed by atoms with Crippen LogP contribution in [0, 0.1) is 12.3 Å². The predicted molar refractivity (Wildman–Crippen MR) is 121 cm³/mol. The normalized spacial score (nSPS) is 19.2. The number of aryl methyl sites for hydroxylation is 1. The first-order valence-corrected chi connectivity index (χ1v) is 10.9. The molecule has 1 atom stereocenters. The van der Waals surface area contributed by atoms with E-state index < -0.39 is 0 Å². The molecule has 0 amide bonds. The summed E-state index contributed by atoms with van der Waals surface area (Å²) in [4.78, 5) is 8.04. The molecular weight excluding hydrogens is 372 g/mol. The summed E-state index contributed by atoms with van der Waals surface area (Å²) in [5, 5.41) is 5.65. The first-order chi connectivity index (χ1) is 14.3. The van der Waals surface area contributed by atoms with Crippen LogP contribution in [0.15, 0.2) is 36.8 Å². The molecule has 1 saturated heterocycles. The Labute approximate surface area is 177 Å². The van der Waals surface area contributed by atoms with Crippen LogP contribution in [0.5, 0.6) is 0 Å². The molecule has 4 heterocycles. The zero-order chi connectivity index (χ0) is 21.0. The minimum atomic E-state index is 0.189. The van der Waals surface area contributed by atoms with Crippen LogP contribution in [0.4, 0.5) is 0 Å². The van der Waals surface area contributed by atoms with E-state index in [4.69, 9.17) is 4.74 Å². The molecule has 1 N–H and O–H groups in total. The fraction of sp³-hybridized carbons (Fsp3) is 0.440. The summed E-state index contributed by atoms with van der Waals surface area (Å²) in [6.07, 6.45) is 6.14. The predicted octanol–water partition coefficient (Wildman–Crippen LogP) is 6.19. The number of nitrogens with zero attached hydrogens (tertiary/aromatic N) is 3. The van der Waals surface area contributed by atoms with Crippen LogP contribution in [0.25, 0.3) is 27.8 Å². The maximum absolute atomic E-state index is 6.25. The topological polar surface area (TPSA) is 55.2 Å². The summed E-state index contributed by atoms with van der Waals surface area (Å²) in [6.45, 7) is 12.0. The number of pyridine rings is 1. The molecule has 5 heteroatoms. The van der Waals surface area contributed by atoms with Crippen molar-refractivity contribution in [2.45, 2.75) is 59.5 Å². The number of aromatic nitrogens is 4. The molecule has 3 aromatic heterocycles. The van der Waals surface area contributed by atoms with Gasteiger partial charge >= 0.3 is 0 Å². The number of fused-ring (bicyclic) bond motifs is 2. The van der Waals surface area contributed by atoms with Gasteiger partial charge in [0.25, 0.3) is 0 Å². The van der Waals surface area contributed by atoms with Gasteiger partial charge in [-0.25, -0.2) is 9.50 Å². The molecular formula is C25H30N4O. The van der Waals surface area contributed by atoms with E-state index in [0.717, 1.165) is 29.8 Å². The molecule has 0 aliphatic carbocycles. The van der Waals surface area contributed by atoms with Crippen molar-refractivity contribution in [2.75, 3.05) is 6.61 Å². The molecule has 1 unspecified atom stereocenters. The van der Waals surface area contributed by atoms with E-state index in [1.807, 2.05) is 4.52 Å². The van der Waals surface area contributed by atoms with Crippen molar-refractivity contribution in [1.29, 1.82) is 0 Å². The van der Waals surface area contributed by atoms with Crippen molar-refractivity contribution in [3.8, 4) is 11.3 Å². The number of hydrogen-bond acceptors (Lipinski definition) is 3. The lowest BCUT2D eigenvalue weighted by atomic mass is 9.84. The highest BCUT2D eigenvalue weighted by molar-refractivity contribution is 5.92. The Morgan fingerprint density at radius 3 is 2.80 bits per heavy atom. The highest BCUT2D eigenvalue weighted by Gasteiger charge is 2.29. The number of aromatic amines is 1. The maximum atomic E-state index is 6.25. The van der Waals surface area contributed by atoms with Crippen molar-refractivity contribution < 1.29 is 4.74 Å². The molecule has 1 aromatic carbocycles. The molecule has 0 radical (unpaired) electrons. The third-order valence-corrected chi connectivity index (χ3v) is 6.42. The highest BCUT2D eigenvalue weighted by atomic mass is 16.5. The molecule has 1 aliphatic rings. The fourth-order valence-electron chi connectivity index (χ4n) is 4.75. The van der Waals surface area contributed by atoms with Crippen LogP contribution in [0.2, 0.25) is 0 Å². The summed E-state index contributed by atoms with van der Waals surface area (Å²) in [5.74, 6) is 0.391. The monoisotopic (exact) mass is 402 g/mol. The molecule has 1 fully saturated rings. The van der Waals surface area contributed by atoms with Gasteiger partial charge in [0.1, 0.15) is 6.33 Å². The van der Waals surface area contributed by atoms with E-state index in [9.17, 15) is 0 Å². The van der Waals surface area contributed by atoms with Crippen LogP contribution in [0.1, 0.15) is 69.2 Å². The Morgan fingerprint density at radius 1 is 1.23 bits per heavy atom. The largest absolute Gasteiger partial charge is 0.373 e. The van der Waals surface area contributed by atoms with Gasteiger partial charge in [0, 0.05) is 22.7 Å². The van der Waals surface area contributed by atoms with Crippen molar-refractivity contribution in [1.82, 2.24) is 19.6 Å². The number of H-pyrrole nitrogens is 1. The van der Waals surface area contributed by atoms with Gasteiger partial charge in [0.05, 0.1) is 18.4 Å². The minimum absolute atomic E-state index is 0.189. The van der Waals surface area contributed by atoms with E-state index in [0.29, 0.717) is 5.92 Å². The lowest BCUT2D eigenvalue weighted by molar-refractivity contribution is -0.0497. The van der Waals surface area contributed by atoms with E-state index in [2.05, 4.69) is 80.1 Å². The number of benzene rings is 1. The highest BCUT2D eigenvalue weighted by Crippen LogP contribution is 2.40. The lowest BCUT2D eigenvalue weighted by Crippen LogP contribution is -2.27. The molecule has 0 spiro atoms. The number of rotatable bonds is 3. The molecule has 5 nitrogen and oxygen atoms in total. The van der Waals surface area contributed by atoms with Gasteiger partial charge in [0.2, 0.25) is 0 Å². The lowest BCUT2D eigenvalue weighted by Gasteiger charge is -2.34. The number of hydrogen-bond donors (Lipinski definition) is 1. The van der Waals surface area contributed by atoms with Crippen LogP contribution in [-0.2, 0) is 4.74 Å². The standard InChI is InChI=1S/C25H30N4O/c1-15(2)22-19-11-17(21-8-9-25(4,5)13-30-21)6-7-20(19)28-23(22)18-10-16(3)24-26-14-27-29(24)12-18/h6-7,10-12,14-15,21,28H,8-9,13H2,1-5H3. The molecule has 0 bridgehead atoms. The van der Waals surface area contributed by atoms with Gasteiger partial charge in [-0.05, 0) is 66.0 Å². The smallest absolute Gasteiger partial charge is 0.158 e. The molecule has 30 heavy (non-hydrogen) atoms. The quantitative estimate of drug-likeness (QED) is 0.445. The summed E-state index contributed by atoms with van der Waals surface area (Å²) in [5.41, 5.74) is 8.42. The second-order valence-electron chi connectivity index (χ2n) is 9.82. The third kappa shape index (κ3) is 3.21. The Hall–Kier alpha value is -2.66. The third-order valence-electron chi connectivity index (χ3n) is 6.42. The Kier molecular flexibility index (Phi) is 4.47. The summed E-state index contributed by atoms with van der Waals surface area (Å²) < 4.78 is 8.11.